The van der Waals surface area contributed by atoms with Gasteiger partial charge in [0.05, 0.1) is 17.9 Å². The van der Waals surface area contributed by atoms with Crippen molar-refractivity contribution in [3.63, 3.8) is 0 Å². The molecule has 2 heterocycles. The fraction of sp³-hybridized carbons (Fsp3) is 0.385. The van der Waals surface area contributed by atoms with Crippen LogP contribution in [0.2, 0.25) is 0 Å². The zero-order valence-corrected chi connectivity index (χ0v) is 21.2. The van der Waals surface area contributed by atoms with Crippen molar-refractivity contribution in [3.05, 3.63) is 76.4 Å². The van der Waals surface area contributed by atoms with E-state index in [1.165, 1.54) is 18.2 Å². The second-order valence-electron chi connectivity index (χ2n) is 9.09. The van der Waals surface area contributed by atoms with Crippen LogP contribution in [0, 0.1) is 26.6 Å². The summed E-state index contributed by atoms with van der Waals surface area (Å²) in [4.78, 5) is 12.9. The minimum Gasteiger partial charge on any atom is -0.322 e. The molecule has 1 aliphatic heterocycles. The summed E-state index contributed by atoms with van der Waals surface area (Å²) in [7, 11) is -3.60. The first kappa shape index (κ1) is 25.1. The standard InChI is InChI=1S/C26H31FN4O3S/c1-18-16-23(27)12-13-24(18)28-26(32)22-10-8-21(9-11-22)17-31-20(3)25(19(2)29-31)35(33,34)30-14-6-4-5-7-15-30/h8-13,16H,4-7,14-15,17H2,1-3H3,(H,28,32). The fourth-order valence-electron chi connectivity index (χ4n) is 4.52. The van der Waals surface area contributed by atoms with Crippen LogP contribution >= 0.6 is 0 Å². The molecule has 1 aromatic heterocycles. The van der Waals surface area contributed by atoms with Crippen molar-refractivity contribution in [2.45, 2.75) is 57.9 Å². The molecule has 7 nitrogen and oxygen atoms in total. The molecule has 3 aromatic rings. The van der Waals surface area contributed by atoms with Gasteiger partial charge in [0.25, 0.3) is 5.91 Å². The number of carbonyl (C=O) groups is 1. The van der Waals surface area contributed by atoms with Crippen LogP contribution in [0.15, 0.2) is 47.4 Å². The summed E-state index contributed by atoms with van der Waals surface area (Å²) in [5.74, 6) is -0.639. The summed E-state index contributed by atoms with van der Waals surface area (Å²) in [6, 6.07) is 11.3. The third kappa shape index (κ3) is 5.46. The van der Waals surface area contributed by atoms with E-state index in [1.54, 1.807) is 41.9 Å². The number of aryl methyl sites for hydroxylation is 2. The van der Waals surface area contributed by atoms with E-state index in [2.05, 4.69) is 10.4 Å². The Morgan fingerprint density at radius 3 is 2.29 bits per heavy atom. The maximum atomic E-state index is 13.4. The van der Waals surface area contributed by atoms with E-state index in [-0.39, 0.29) is 11.7 Å². The lowest BCUT2D eigenvalue weighted by Crippen LogP contribution is -2.32. The first-order chi connectivity index (χ1) is 16.7. The van der Waals surface area contributed by atoms with E-state index < -0.39 is 10.0 Å². The summed E-state index contributed by atoms with van der Waals surface area (Å²) in [6.45, 7) is 6.75. The largest absolute Gasteiger partial charge is 0.322 e. The maximum absolute atomic E-state index is 13.4. The number of hydrogen-bond acceptors (Lipinski definition) is 4. The van der Waals surface area contributed by atoms with E-state index in [0.717, 1.165) is 31.2 Å². The number of aromatic nitrogens is 2. The lowest BCUT2D eigenvalue weighted by atomic mass is 10.1. The van der Waals surface area contributed by atoms with Crippen molar-refractivity contribution >= 4 is 21.6 Å². The topological polar surface area (TPSA) is 84.3 Å². The zero-order chi connectivity index (χ0) is 25.2. The monoisotopic (exact) mass is 498 g/mol. The minimum absolute atomic E-state index is 0.289. The van der Waals surface area contributed by atoms with Gasteiger partial charge in [0.1, 0.15) is 10.7 Å². The van der Waals surface area contributed by atoms with Crippen LogP contribution in [-0.2, 0) is 16.6 Å². The van der Waals surface area contributed by atoms with Crippen molar-refractivity contribution in [2.24, 2.45) is 0 Å². The summed E-state index contributed by atoms with van der Waals surface area (Å²) >= 11 is 0. The van der Waals surface area contributed by atoms with E-state index in [4.69, 9.17) is 0 Å². The molecule has 1 aliphatic rings. The molecular formula is C26H31FN4O3S. The molecule has 0 bridgehead atoms. The summed E-state index contributed by atoms with van der Waals surface area (Å²) in [5.41, 5.74) is 3.67. The first-order valence-electron chi connectivity index (χ1n) is 11.9. The van der Waals surface area contributed by atoms with Crippen LogP contribution in [0.5, 0.6) is 0 Å². The third-order valence-electron chi connectivity index (χ3n) is 6.46. The molecule has 0 radical (unpaired) electrons. The molecule has 0 aliphatic carbocycles. The Kier molecular flexibility index (Phi) is 7.37. The number of anilines is 1. The average Bonchev–Trinajstić information content (AvgIpc) is 2.99. The van der Waals surface area contributed by atoms with E-state index >= 15 is 0 Å². The van der Waals surface area contributed by atoms with Gasteiger partial charge in [-0.1, -0.05) is 25.0 Å². The lowest BCUT2D eigenvalue weighted by Gasteiger charge is -2.20. The molecule has 2 aromatic carbocycles. The molecule has 0 saturated carbocycles. The molecule has 4 rings (SSSR count). The number of sulfonamides is 1. The highest BCUT2D eigenvalue weighted by Crippen LogP contribution is 2.26. The van der Waals surface area contributed by atoms with Gasteiger partial charge in [-0.3, -0.25) is 9.48 Å². The van der Waals surface area contributed by atoms with Gasteiger partial charge in [-0.2, -0.15) is 9.40 Å². The van der Waals surface area contributed by atoms with E-state index in [9.17, 15) is 17.6 Å². The number of halogens is 1. The predicted molar refractivity (Wildman–Crippen MR) is 134 cm³/mol. The highest BCUT2D eigenvalue weighted by atomic mass is 32.2. The maximum Gasteiger partial charge on any atom is 0.255 e. The number of amides is 1. The van der Waals surface area contributed by atoms with Crippen LogP contribution in [0.4, 0.5) is 10.1 Å². The van der Waals surface area contributed by atoms with Gasteiger partial charge in [-0.15, -0.1) is 0 Å². The number of nitrogens with one attached hydrogen (secondary N) is 1. The van der Waals surface area contributed by atoms with Crippen molar-refractivity contribution in [1.29, 1.82) is 0 Å². The predicted octanol–water partition coefficient (Wildman–Crippen LogP) is 4.81. The molecular weight excluding hydrogens is 467 g/mol. The average molecular weight is 499 g/mol. The highest BCUT2D eigenvalue weighted by Gasteiger charge is 2.31. The van der Waals surface area contributed by atoms with Gasteiger partial charge >= 0.3 is 0 Å². The van der Waals surface area contributed by atoms with Crippen LogP contribution in [0.25, 0.3) is 0 Å². The normalized spacial score (nSPS) is 15.1. The van der Waals surface area contributed by atoms with E-state index in [1.807, 2.05) is 12.1 Å². The van der Waals surface area contributed by atoms with Gasteiger partial charge in [-0.05, 0) is 75.1 Å². The Labute approximate surface area is 206 Å². The van der Waals surface area contributed by atoms with E-state index in [0.29, 0.717) is 52.7 Å². The highest BCUT2D eigenvalue weighted by molar-refractivity contribution is 7.89. The van der Waals surface area contributed by atoms with Crippen molar-refractivity contribution in [1.82, 2.24) is 14.1 Å². The van der Waals surface area contributed by atoms with Crippen molar-refractivity contribution in [2.75, 3.05) is 18.4 Å². The van der Waals surface area contributed by atoms with Crippen molar-refractivity contribution in [3.8, 4) is 0 Å². The molecule has 35 heavy (non-hydrogen) atoms. The lowest BCUT2D eigenvalue weighted by molar-refractivity contribution is 0.102. The zero-order valence-electron chi connectivity index (χ0n) is 20.3. The van der Waals surface area contributed by atoms with Crippen molar-refractivity contribution < 1.29 is 17.6 Å². The SMILES string of the molecule is Cc1cc(F)ccc1NC(=O)c1ccc(Cn2nc(C)c(S(=O)(=O)N3CCCCCC3)c2C)cc1. The molecule has 1 fully saturated rings. The molecule has 1 N–H and O–H groups in total. The Bertz CT molecular complexity index is 1330. The Hall–Kier alpha value is -3.04. The number of nitrogens with zero attached hydrogens (tertiary/aromatic N) is 3. The molecule has 0 spiro atoms. The van der Waals surface area contributed by atoms with Gasteiger partial charge in [0.15, 0.2) is 0 Å². The van der Waals surface area contributed by atoms with Gasteiger partial charge in [0, 0.05) is 24.3 Å². The van der Waals surface area contributed by atoms with Gasteiger partial charge in [-0.25, -0.2) is 12.8 Å². The molecule has 0 atom stereocenters. The summed E-state index contributed by atoms with van der Waals surface area (Å²) < 4.78 is 43.3. The molecule has 1 amide bonds. The van der Waals surface area contributed by atoms with Crippen LogP contribution in [-0.4, -0.2) is 41.5 Å². The second kappa shape index (κ2) is 10.3. The Balaban J connectivity index is 1.49. The van der Waals surface area contributed by atoms with Gasteiger partial charge < -0.3 is 5.32 Å². The smallest absolute Gasteiger partial charge is 0.255 e. The van der Waals surface area contributed by atoms with Crippen LogP contribution < -0.4 is 5.32 Å². The number of hydrogen-bond donors (Lipinski definition) is 1. The van der Waals surface area contributed by atoms with Crippen LogP contribution in [0.3, 0.4) is 0 Å². The Morgan fingerprint density at radius 1 is 1.00 bits per heavy atom. The van der Waals surface area contributed by atoms with Crippen LogP contribution in [0.1, 0.15) is 58.6 Å². The summed E-state index contributed by atoms with van der Waals surface area (Å²) in [6.07, 6.45) is 3.87. The first-order valence-corrected chi connectivity index (χ1v) is 13.3. The molecule has 1 saturated heterocycles. The third-order valence-corrected chi connectivity index (χ3v) is 8.61. The summed E-state index contributed by atoms with van der Waals surface area (Å²) in [5, 5.41) is 7.32. The molecule has 0 unspecified atom stereocenters. The Morgan fingerprint density at radius 2 is 1.66 bits per heavy atom. The number of carbonyl (C=O) groups excluding carboxylic acids is 1. The molecule has 186 valence electrons. The molecule has 9 heteroatoms. The second-order valence-corrected chi connectivity index (χ2v) is 11.0. The van der Waals surface area contributed by atoms with Gasteiger partial charge in [0.2, 0.25) is 10.0 Å². The fourth-order valence-corrected chi connectivity index (χ4v) is 6.41. The quantitative estimate of drug-likeness (QED) is 0.529. The minimum atomic E-state index is -3.60. The number of rotatable bonds is 6. The number of benzene rings is 2.